The molecule has 4 N–H and O–H groups in total. The summed E-state index contributed by atoms with van der Waals surface area (Å²) >= 11 is 0. The number of hydrogen-bond acceptors (Lipinski definition) is 5. The molecule has 20 heavy (non-hydrogen) atoms. The summed E-state index contributed by atoms with van der Waals surface area (Å²) in [7, 11) is -2.40. The van der Waals surface area contributed by atoms with Gasteiger partial charge in [0.05, 0.1) is 5.54 Å². The monoisotopic (exact) mass is 301 g/mol. The topological polar surface area (TPSA) is 114 Å². The van der Waals surface area contributed by atoms with Gasteiger partial charge in [-0.1, -0.05) is 12.8 Å². The maximum Gasteiger partial charge on any atom is 0.287 e. The lowest BCUT2D eigenvalue weighted by Crippen LogP contribution is -2.51. The van der Waals surface area contributed by atoms with Crippen LogP contribution in [0.25, 0.3) is 0 Å². The van der Waals surface area contributed by atoms with Crippen LogP contribution < -0.4 is 15.8 Å². The highest BCUT2D eigenvalue weighted by molar-refractivity contribution is 7.89. The first kappa shape index (κ1) is 15.0. The average Bonchev–Trinajstić information content (AvgIpc) is 3.08. The fourth-order valence-electron chi connectivity index (χ4n) is 2.42. The number of sulfonamides is 1. The first-order chi connectivity index (χ1) is 9.42. The molecule has 0 aliphatic heterocycles. The van der Waals surface area contributed by atoms with Crippen LogP contribution in [0.3, 0.4) is 0 Å². The highest BCUT2D eigenvalue weighted by atomic mass is 32.2. The molecule has 112 valence electrons. The molecule has 0 saturated heterocycles. The van der Waals surface area contributed by atoms with Crippen molar-refractivity contribution in [2.75, 3.05) is 13.6 Å². The zero-order chi connectivity index (χ0) is 14.8. The van der Waals surface area contributed by atoms with E-state index in [4.69, 9.17) is 10.2 Å². The van der Waals surface area contributed by atoms with Crippen LogP contribution in [0.1, 0.15) is 36.2 Å². The van der Waals surface area contributed by atoms with E-state index in [0.29, 0.717) is 6.54 Å². The van der Waals surface area contributed by atoms with Crippen molar-refractivity contribution >= 4 is 15.9 Å². The average molecular weight is 301 g/mol. The van der Waals surface area contributed by atoms with Crippen LogP contribution >= 0.6 is 0 Å². The van der Waals surface area contributed by atoms with Gasteiger partial charge in [0.2, 0.25) is 5.09 Å². The van der Waals surface area contributed by atoms with Gasteiger partial charge in [-0.05, 0) is 32.0 Å². The third-order valence-corrected chi connectivity index (χ3v) is 4.96. The van der Waals surface area contributed by atoms with Crippen LogP contribution in [0.2, 0.25) is 0 Å². The molecule has 0 aromatic carbocycles. The van der Waals surface area contributed by atoms with E-state index in [2.05, 4.69) is 10.0 Å². The van der Waals surface area contributed by atoms with Crippen LogP contribution in [-0.2, 0) is 10.0 Å². The molecule has 0 radical (unpaired) electrons. The zero-order valence-electron chi connectivity index (χ0n) is 11.3. The molecule has 0 unspecified atom stereocenters. The van der Waals surface area contributed by atoms with Gasteiger partial charge in [0.15, 0.2) is 5.76 Å². The summed E-state index contributed by atoms with van der Waals surface area (Å²) in [5, 5.41) is 2.59. The summed E-state index contributed by atoms with van der Waals surface area (Å²) in [5.74, 6) is -0.464. The van der Waals surface area contributed by atoms with E-state index >= 15 is 0 Å². The molecule has 1 aliphatic rings. The second-order valence-corrected chi connectivity index (χ2v) is 6.79. The highest BCUT2D eigenvalue weighted by Crippen LogP contribution is 2.29. The van der Waals surface area contributed by atoms with Gasteiger partial charge < -0.3 is 15.5 Å². The van der Waals surface area contributed by atoms with Gasteiger partial charge in [0.25, 0.3) is 15.9 Å². The number of carbonyl (C=O) groups excluding carboxylic acids is 1. The molecular weight excluding hydrogens is 282 g/mol. The van der Waals surface area contributed by atoms with Gasteiger partial charge in [-0.25, -0.2) is 13.1 Å². The molecule has 1 aromatic heterocycles. The molecule has 1 aliphatic carbocycles. The zero-order valence-corrected chi connectivity index (χ0v) is 12.1. The van der Waals surface area contributed by atoms with E-state index in [9.17, 15) is 13.2 Å². The minimum atomic E-state index is -3.68. The Morgan fingerprint density at radius 3 is 2.60 bits per heavy atom. The smallest absolute Gasteiger partial charge is 0.287 e. The highest BCUT2D eigenvalue weighted by Gasteiger charge is 2.35. The number of furan rings is 1. The fourth-order valence-corrected chi connectivity index (χ4v) is 3.07. The lowest BCUT2D eigenvalue weighted by Gasteiger charge is -2.28. The Morgan fingerprint density at radius 2 is 2.05 bits per heavy atom. The number of rotatable bonds is 5. The van der Waals surface area contributed by atoms with Crippen molar-refractivity contribution in [3.8, 4) is 0 Å². The van der Waals surface area contributed by atoms with Crippen molar-refractivity contribution < 1.29 is 17.6 Å². The lowest BCUT2D eigenvalue weighted by molar-refractivity contribution is 0.0869. The minimum absolute atomic E-state index is 0.0291. The van der Waals surface area contributed by atoms with Gasteiger partial charge in [-0.15, -0.1) is 0 Å². The summed E-state index contributed by atoms with van der Waals surface area (Å²) in [5.41, 5.74) is 5.34. The largest absolute Gasteiger partial charge is 0.438 e. The summed E-state index contributed by atoms with van der Waals surface area (Å²) in [6.07, 6.45) is 3.71. The van der Waals surface area contributed by atoms with Crippen molar-refractivity contribution in [1.82, 2.24) is 10.0 Å². The summed E-state index contributed by atoms with van der Waals surface area (Å²) < 4.78 is 30.3. The van der Waals surface area contributed by atoms with Crippen LogP contribution in [0.15, 0.2) is 21.6 Å². The normalized spacial score (nSPS) is 18.1. The second kappa shape index (κ2) is 5.55. The van der Waals surface area contributed by atoms with E-state index in [1.807, 2.05) is 0 Å². The van der Waals surface area contributed by atoms with Crippen LogP contribution in [0.5, 0.6) is 0 Å². The first-order valence-electron chi connectivity index (χ1n) is 6.48. The van der Waals surface area contributed by atoms with E-state index in [0.717, 1.165) is 25.7 Å². The molecule has 7 nitrogen and oxygen atoms in total. The predicted molar refractivity (Wildman–Crippen MR) is 72.7 cm³/mol. The molecule has 1 aromatic rings. The molecule has 8 heteroatoms. The summed E-state index contributed by atoms with van der Waals surface area (Å²) in [6.45, 7) is 0.362. The van der Waals surface area contributed by atoms with Gasteiger partial charge in [0, 0.05) is 6.54 Å². The van der Waals surface area contributed by atoms with Crippen LogP contribution in [-0.4, -0.2) is 33.5 Å². The quantitative estimate of drug-likeness (QED) is 0.718. The molecule has 1 amide bonds. The van der Waals surface area contributed by atoms with Crippen molar-refractivity contribution in [2.24, 2.45) is 5.73 Å². The Balaban J connectivity index is 2.14. The second-order valence-electron chi connectivity index (χ2n) is 4.97. The van der Waals surface area contributed by atoms with Crippen molar-refractivity contribution in [3.05, 3.63) is 17.9 Å². The molecular formula is C12H19N3O4S. The van der Waals surface area contributed by atoms with Gasteiger partial charge in [0.1, 0.15) is 0 Å². The third kappa shape index (κ3) is 2.87. The Kier molecular flexibility index (Phi) is 4.17. The summed E-state index contributed by atoms with van der Waals surface area (Å²) in [6, 6.07) is 2.60. The van der Waals surface area contributed by atoms with Crippen LogP contribution in [0, 0.1) is 0 Å². The molecule has 1 saturated carbocycles. The fraction of sp³-hybridized carbons (Fsp3) is 0.583. The van der Waals surface area contributed by atoms with Crippen molar-refractivity contribution in [1.29, 1.82) is 0 Å². The number of amides is 1. The van der Waals surface area contributed by atoms with Crippen LogP contribution in [0.4, 0.5) is 0 Å². The van der Waals surface area contributed by atoms with E-state index in [1.54, 1.807) is 0 Å². The molecule has 2 rings (SSSR count). The lowest BCUT2D eigenvalue weighted by atomic mass is 9.98. The Hall–Kier alpha value is -1.38. The van der Waals surface area contributed by atoms with E-state index in [-0.39, 0.29) is 10.9 Å². The summed E-state index contributed by atoms with van der Waals surface area (Å²) in [4.78, 5) is 12.1. The Bertz CT molecular complexity index is 588. The number of hydrogen-bond donors (Lipinski definition) is 3. The number of carbonyl (C=O) groups is 1. The first-order valence-corrected chi connectivity index (χ1v) is 7.97. The SMILES string of the molecule is CNS(=O)(=O)c1ccc(C(=O)NC2(CN)CCCC2)o1. The molecule has 0 bridgehead atoms. The third-order valence-electron chi connectivity index (χ3n) is 3.67. The van der Waals surface area contributed by atoms with E-state index < -0.39 is 21.5 Å². The van der Waals surface area contributed by atoms with E-state index in [1.165, 1.54) is 19.2 Å². The Morgan fingerprint density at radius 1 is 1.40 bits per heavy atom. The molecule has 0 spiro atoms. The minimum Gasteiger partial charge on any atom is -0.438 e. The maximum atomic E-state index is 12.1. The maximum absolute atomic E-state index is 12.1. The van der Waals surface area contributed by atoms with Gasteiger partial charge in [-0.2, -0.15) is 0 Å². The number of nitrogens with one attached hydrogen (secondary N) is 2. The molecule has 0 atom stereocenters. The predicted octanol–water partition coefficient (Wildman–Crippen LogP) is 0.189. The molecule has 1 heterocycles. The van der Waals surface area contributed by atoms with Crippen molar-refractivity contribution in [2.45, 2.75) is 36.3 Å². The Labute approximate surface area is 118 Å². The van der Waals surface area contributed by atoms with Gasteiger partial charge >= 0.3 is 0 Å². The van der Waals surface area contributed by atoms with Crippen molar-refractivity contribution in [3.63, 3.8) is 0 Å². The molecule has 1 fully saturated rings. The number of nitrogens with two attached hydrogens (primary N) is 1. The standard InChI is InChI=1S/C12H19N3O4S/c1-14-20(17,18)10-5-4-9(19-10)11(16)15-12(8-13)6-2-3-7-12/h4-5,14H,2-3,6-8,13H2,1H3,(H,15,16). The van der Waals surface area contributed by atoms with Gasteiger partial charge in [-0.3, -0.25) is 4.79 Å².